The molecule has 0 unspecified atom stereocenters. The predicted molar refractivity (Wildman–Crippen MR) is 105 cm³/mol. The Labute approximate surface area is 162 Å². The number of carbonyl (C=O) groups is 2. The summed E-state index contributed by atoms with van der Waals surface area (Å²) in [6, 6.07) is 10.4. The molecule has 5 nitrogen and oxygen atoms in total. The van der Waals surface area contributed by atoms with E-state index < -0.39 is 0 Å². The minimum atomic E-state index is -0.295. The average Bonchev–Trinajstić information content (AvgIpc) is 3.01. The average molecular weight is 370 g/mol. The molecular weight excluding hydrogens is 338 g/mol. The van der Waals surface area contributed by atoms with Crippen molar-refractivity contribution in [2.45, 2.75) is 50.6 Å². The van der Waals surface area contributed by atoms with Gasteiger partial charge in [-0.05, 0) is 50.3 Å². The van der Waals surface area contributed by atoms with Crippen LogP contribution in [-0.4, -0.2) is 54.3 Å². The van der Waals surface area contributed by atoms with Crippen LogP contribution in [-0.2, 0) is 9.59 Å². The molecule has 0 aromatic heterocycles. The number of likely N-dealkylation sites (tertiary alicyclic amines) is 1. The fourth-order valence-corrected chi connectivity index (χ4v) is 5.39. The van der Waals surface area contributed by atoms with Crippen LogP contribution in [0.25, 0.3) is 0 Å². The van der Waals surface area contributed by atoms with Gasteiger partial charge in [-0.1, -0.05) is 36.8 Å². The molecule has 2 amide bonds. The van der Waals surface area contributed by atoms with Gasteiger partial charge in [0.1, 0.15) is 0 Å². The van der Waals surface area contributed by atoms with Crippen molar-refractivity contribution in [3.63, 3.8) is 0 Å². The second-order valence-corrected chi connectivity index (χ2v) is 8.42. The Bertz CT molecular complexity index is 675. The monoisotopic (exact) mass is 369 g/mol. The Hall–Kier alpha value is -1.88. The molecule has 0 saturated carbocycles. The van der Waals surface area contributed by atoms with Crippen LogP contribution in [0.15, 0.2) is 30.3 Å². The molecule has 3 heterocycles. The molecule has 27 heavy (non-hydrogen) atoms. The maximum Gasteiger partial charge on any atom is 0.226 e. The number of rotatable bonds is 4. The molecule has 1 aromatic carbocycles. The normalized spacial score (nSPS) is 31.6. The third-order valence-corrected chi connectivity index (χ3v) is 6.83. The number of nitrogens with one attached hydrogen (secondary N) is 1. The Morgan fingerprint density at radius 2 is 1.89 bits per heavy atom. The molecule has 4 rings (SSSR count). The van der Waals surface area contributed by atoms with Gasteiger partial charge >= 0.3 is 0 Å². The van der Waals surface area contributed by atoms with E-state index in [1.165, 1.54) is 45.2 Å². The molecule has 0 aliphatic carbocycles. The van der Waals surface area contributed by atoms with Gasteiger partial charge in [-0.2, -0.15) is 0 Å². The molecule has 5 heteroatoms. The first-order valence-corrected chi connectivity index (χ1v) is 10.5. The summed E-state index contributed by atoms with van der Waals surface area (Å²) in [7, 11) is 1.81. The Morgan fingerprint density at radius 1 is 1.11 bits per heavy atom. The van der Waals surface area contributed by atoms with E-state index in [4.69, 9.17) is 0 Å². The third-order valence-electron chi connectivity index (χ3n) is 6.83. The van der Waals surface area contributed by atoms with Crippen molar-refractivity contribution in [1.29, 1.82) is 0 Å². The molecule has 1 aromatic rings. The van der Waals surface area contributed by atoms with Gasteiger partial charge in [0.15, 0.2) is 0 Å². The van der Waals surface area contributed by atoms with Gasteiger partial charge < -0.3 is 15.1 Å². The molecule has 3 aliphatic heterocycles. The number of piperidine rings is 2. The van der Waals surface area contributed by atoms with Crippen molar-refractivity contribution < 1.29 is 9.59 Å². The number of hydrogen-bond acceptors (Lipinski definition) is 3. The van der Waals surface area contributed by atoms with Crippen molar-refractivity contribution in [1.82, 2.24) is 15.1 Å². The van der Waals surface area contributed by atoms with Gasteiger partial charge in [0, 0.05) is 26.1 Å². The summed E-state index contributed by atoms with van der Waals surface area (Å²) >= 11 is 0. The minimum Gasteiger partial charge on any atom is -0.355 e. The highest BCUT2D eigenvalue weighted by molar-refractivity contribution is 5.90. The summed E-state index contributed by atoms with van der Waals surface area (Å²) in [5.74, 6) is 0.346. The van der Waals surface area contributed by atoms with Gasteiger partial charge in [0.2, 0.25) is 11.8 Å². The molecule has 3 fully saturated rings. The topological polar surface area (TPSA) is 52.7 Å². The van der Waals surface area contributed by atoms with Crippen LogP contribution in [0.5, 0.6) is 0 Å². The molecule has 146 valence electrons. The lowest BCUT2D eigenvalue weighted by Gasteiger charge is -2.44. The van der Waals surface area contributed by atoms with Gasteiger partial charge in [0.05, 0.1) is 12.0 Å². The SMILES string of the molecule is CN1C(=O)C[C@H](C(=O)NC[C@@H]2CCCN3CCCC[C@H]23)[C@H]1c1ccccc1. The Morgan fingerprint density at radius 3 is 2.70 bits per heavy atom. The van der Waals surface area contributed by atoms with Crippen LogP contribution in [0, 0.1) is 11.8 Å². The number of fused-ring (bicyclic) bond motifs is 1. The third kappa shape index (κ3) is 3.75. The Balaban J connectivity index is 1.42. The van der Waals surface area contributed by atoms with Gasteiger partial charge in [0.25, 0.3) is 0 Å². The summed E-state index contributed by atoms with van der Waals surface area (Å²) < 4.78 is 0. The first-order chi connectivity index (χ1) is 13.1. The standard InChI is InChI=1S/C22H31N3O2/c1-24-20(26)14-18(21(24)16-8-3-2-4-9-16)22(27)23-15-17-10-7-13-25-12-6-5-11-19(17)25/h2-4,8-9,17-19,21H,5-7,10-15H2,1H3,(H,23,27)/t17-,18-,19+,21+/m0/s1. The molecular formula is C22H31N3O2. The zero-order valence-electron chi connectivity index (χ0n) is 16.3. The molecule has 4 atom stereocenters. The fourth-order valence-electron chi connectivity index (χ4n) is 5.39. The number of nitrogens with zero attached hydrogens (tertiary/aromatic N) is 2. The van der Waals surface area contributed by atoms with Gasteiger partial charge in [-0.15, -0.1) is 0 Å². The summed E-state index contributed by atoms with van der Waals surface area (Å²) in [5.41, 5.74) is 1.04. The second kappa shape index (κ2) is 8.01. The van der Waals surface area contributed by atoms with Crippen LogP contribution in [0.1, 0.15) is 50.1 Å². The second-order valence-electron chi connectivity index (χ2n) is 8.42. The van der Waals surface area contributed by atoms with Crippen molar-refractivity contribution in [2.75, 3.05) is 26.7 Å². The number of amides is 2. The molecule has 0 bridgehead atoms. The van der Waals surface area contributed by atoms with E-state index in [9.17, 15) is 9.59 Å². The largest absolute Gasteiger partial charge is 0.355 e. The molecule has 0 radical (unpaired) electrons. The first-order valence-electron chi connectivity index (χ1n) is 10.5. The lowest BCUT2D eigenvalue weighted by Crippen LogP contribution is -2.51. The van der Waals surface area contributed by atoms with Gasteiger partial charge in [-0.3, -0.25) is 9.59 Å². The van der Waals surface area contributed by atoms with Gasteiger partial charge in [-0.25, -0.2) is 0 Å². The van der Waals surface area contributed by atoms with Crippen LogP contribution >= 0.6 is 0 Å². The van der Waals surface area contributed by atoms with Crippen molar-refractivity contribution in [2.24, 2.45) is 11.8 Å². The maximum atomic E-state index is 13.0. The first kappa shape index (κ1) is 18.5. The highest BCUT2D eigenvalue weighted by Gasteiger charge is 2.43. The van der Waals surface area contributed by atoms with Crippen LogP contribution in [0.3, 0.4) is 0 Å². The minimum absolute atomic E-state index is 0.0366. The number of benzene rings is 1. The molecule has 1 N–H and O–H groups in total. The number of carbonyl (C=O) groups excluding carboxylic acids is 2. The predicted octanol–water partition coefficient (Wildman–Crippen LogP) is 2.59. The van der Waals surface area contributed by atoms with Crippen molar-refractivity contribution in [3.8, 4) is 0 Å². The maximum absolute atomic E-state index is 13.0. The summed E-state index contributed by atoms with van der Waals surface area (Å²) in [5, 5.41) is 3.22. The van der Waals surface area contributed by atoms with E-state index in [-0.39, 0.29) is 23.8 Å². The Kier molecular flexibility index (Phi) is 5.48. The lowest BCUT2D eigenvalue weighted by atomic mass is 9.83. The lowest BCUT2D eigenvalue weighted by molar-refractivity contribution is -0.128. The molecule has 3 aliphatic rings. The zero-order chi connectivity index (χ0) is 18.8. The number of hydrogen-bond donors (Lipinski definition) is 1. The van der Waals surface area contributed by atoms with E-state index in [0.29, 0.717) is 18.4 Å². The van der Waals surface area contributed by atoms with Crippen LogP contribution in [0.2, 0.25) is 0 Å². The fraction of sp³-hybridized carbons (Fsp3) is 0.636. The summed E-state index contributed by atoms with van der Waals surface area (Å²) in [6.45, 7) is 3.18. The highest BCUT2D eigenvalue weighted by atomic mass is 16.2. The van der Waals surface area contributed by atoms with E-state index in [1.54, 1.807) is 4.90 Å². The zero-order valence-corrected chi connectivity index (χ0v) is 16.3. The van der Waals surface area contributed by atoms with Crippen LogP contribution < -0.4 is 5.32 Å². The van der Waals surface area contributed by atoms with Crippen molar-refractivity contribution in [3.05, 3.63) is 35.9 Å². The van der Waals surface area contributed by atoms with E-state index in [1.807, 2.05) is 37.4 Å². The van der Waals surface area contributed by atoms with E-state index in [0.717, 1.165) is 12.1 Å². The van der Waals surface area contributed by atoms with E-state index >= 15 is 0 Å². The van der Waals surface area contributed by atoms with E-state index in [2.05, 4.69) is 10.2 Å². The highest BCUT2D eigenvalue weighted by Crippen LogP contribution is 2.37. The molecule has 3 saturated heterocycles. The molecule has 0 spiro atoms. The summed E-state index contributed by atoms with van der Waals surface area (Å²) in [4.78, 5) is 29.7. The smallest absolute Gasteiger partial charge is 0.226 e. The van der Waals surface area contributed by atoms with Crippen molar-refractivity contribution >= 4 is 11.8 Å². The summed E-state index contributed by atoms with van der Waals surface area (Å²) in [6.07, 6.45) is 6.62. The quantitative estimate of drug-likeness (QED) is 0.888. The van der Waals surface area contributed by atoms with Crippen LogP contribution in [0.4, 0.5) is 0 Å².